The van der Waals surface area contributed by atoms with E-state index in [1.54, 1.807) is 13.0 Å². The minimum atomic E-state index is -0.452. The van der Waals surface area contributed by atoms with Gasteiger partial charge in [0.25, 0.3) is 0 Å². The van der Waals surface area contributed by atoms with E-state index in [2.05, 4.69) is 6.58 Å². The Morgan fingerprint density at radius 3 is 2.71 bits per heavy atom. The Morgan fingerprint density at radius 2 is 2.21 bits per heavy atom. The van der Waals surface area contributed by atoms with Gasteiger partial charge in [-0.2, -0.15) is 0 Å². The van der Waals surface area contributed by atoms with E-state index in [1.165, 1.54) is 12.1 Å². The highest BCUT2D eigenvalue weighted by molar-refractivity contribution is 6.31. The highest BCUT2D eigenvalue weighted by Crippen LogP contribution is 2.20. The molecule has 0 fully saturated rings. The van der Waals surface area contributed by atoms with Gasteiger partial charge in [0, 0.05) is 17.0 Å². The molecule has 1 aromatic carbocycles. The number of carbonyl (C=O) groups is 1. The third-order valence-corrected chi connectivity index (χ3v) is 2.23. The van der Waals surface area contributed by atoms with Crippen molar-refractivity contribution in [1.29, 1.82) is 0 Å². The van der Waals surface area contributed by atoms with Crippen LogP contribution < -0.4 is 0 Å². The summed E-state index contributed by atoms with van der Waals surface area (Å²) >= 11 is 5.76. The molecule has 3 heteroatoms. The maximum atomic E-state index is 13.2. The standard InChI is InChI=1S/C11H10ClFO/c1-7(2)11(14)6-8-9(12)4-3-5-10(8)13/h3-5H,1,6H2,2H3. The number of carbonyl (C=O) groups excluding carboxylic acids is 1. The van der Waals surface area contributed by atoms with Crippen LogP contribution in [0.2, 0.25) is 5.02 Å². The van der Waals surface area contributed by atoms with E-state index >= 15 is 0 Å². The summed E-state index contributed by atoms with van der Waals surface area (Å²) in [7, 11) is 0. The lowest BCUT2D eigenvalue weighted by molar-refractivity contribution is -0.114. The van der Waals surface area contributed by atoms with Gasteiger partial charge in [0.05, 0.1) is 0 Å². The number of benzene rings is 1. The molecule has 14 heavy (non-hydrogen) atoms. The predicted octanol–water partition coefficient (Wildman–Crippen LogP) is 3.17. The lowest BCUT2D eigenvalue weighted by Crippen LogP contribution is -2.05. The van der Waals surface area contributed by atoms with Gasteiger partial charge in [-0.05, 0) is 24.6 Å². The number of Topliss-reactive ketones (excluding diaryl/α,β-unsaturated/α-hetero) is 1. The maximum absolute atomic E-state index is 13.2. The normalized spacial score (nSPS) is 9.93. The average molecular weight is 213 g/mol. The molecule has 0 aliphatic rings. The van der Waals surface area contributed by atoms with Crippen molar-refractivity contribution in [2.24, 2.45) is 0 Å². The largest absolute Gasteiger partial charge is 0.294 e. The third-order valence-electron chi connectivity index (χ3n) is 1.88. The van der Waals surface area contributed by atoms with Crippen LogP contribution in [0.15, 0.2) is 30.4 Å². The van der Waals surface area contributed by atoms with Crippen LogP contribution >= 0.6 is 11.6 Å². The Balaban J connectivity index is 2.97. The van der Waals surface area contributed by atoms with Crippen molar-refractivity contribution in [2.75, 3.05) is 0 Å². The van der Waals surface area contributed by atoms with Crippen LogP contribution in [0, 0.1) is 5.82 Å². The summed E-state index contributed by atoms with van der Waals surface area (Å²) < 4.78 is 13.2. The number of hydrogen-bond acceptors (Lipinski definition) is 1. The van der Waals surface area contributed by atoms with E-state index in [9.17, 15) is 9.18 Å². The molecular weight excluding hydrogens is 203 g/mol. The molecule has 0 amide bonds. The molecule has 0 unspecified atom stereocenters. The molecule has 0 aliphatic heterocycles. The van der Waals surface area contributed by atoms with Gasteiger partial charge in [0.15, 0.2) is 5.78 Å². The number of allylic oxidation sites excluding steroid dienone is 1. The minimum absolute atomic E-state index is 0.0269. The van der Waals surface area contributed by atoms with Crippen LogP contribution in [0.4, 0.5) is 4.39 Å². The number of hydrogen-bond donors (Lipinski definition) is 0. The fraction of sp³-hybridized carbons (Fsp3) is 0.182. The van der Waals surface area contributed by atoms with Crippen LogP contribution in [0.3, 0.4) is 0 Å². The second-order valence-corrected chi connectivity index (χ2v) is 3.49. The molecule has 0 heterocycles. The van der Waals surface area contributed by atoms with E-state index in [-0.39, 0.29) is 22.8 Å². The fourth-order valence-corrected chi connectivity index (χ4v) is 1.24. The first kappa shape index (κ1) is 10.9. The Kier molecular flexibility index (Phi) is 3.42. The smallest absolute Gasteiger partial charge is 0.162 e. The van der Waals surface area contributed by atoms with Gasteiger partial charge in [-0.1, -0.05) is 24.2 Å². The first-order chi connectivity index (χ1) is 6.52. The second kappa shape index (κ2) is 4.38. The molecule has 74 valence electrons. The van der Waals surface area contributed by atoms with Gasteiger partial charge in [-0.15, -0.1) is 0 Å². The average Bonchev–Trinajstić information content (AvgIpc) is 2.11. The maximum Gasteiger partial charge on any atom is 0.162 e. The minimum Gasteiger partial charge on any atom is -0.294 e. The summed E-state index contributed by atoms with van der Waals surface area (Å²) in [5.74, 6) is -0.649. The topological polar surface area (TPSA) is 17.1 Å². The summed E-state index contributed by atoms with van der Waals surface area (Å²) in [6.45, 7) is 5.09. The monoisotopic (exact) mass is 212 g/mol. The van der Waals surface area contributed by atoms with E-state index in [1.807, 2.05) is 0 Å². The van der Waals surface area contributed by atoms with Gasteiger partial charge < -0.3 is 0 Å². The molecule has 0 bridgehead atoms. The number of halogens is 2. The van der Waals surface area contributed by atoms with E-state index in [0.717, 1.165) is 0 Å². The summed E-state index contributed by atoms with van der Waals surface area (Å²) in [4.78, 5) is 11.3. The van der Waals surface area contributed by atoms with Gasteiger partial charge in [-0.25, -0.2) is 4.39 Å². The summed E-state index contributed by atoms with van der Waals surface area (Å²) in [6, 6.07) is 4.35. The van der Waals surface area contributed by atoms with Crippen molar-refractivity contribution in [2.45, 2.75) is 13.3 Å². The zero-order valence-electron chi connectivity index (χ0n) is 7.81. The van der Waals surface area contributed by atoms with Crippen LogP contribution in [-0.4, -0.2) is 5.78 Å². The molecule has 0 saturated heterocycles. The lowest BCUT2D eigenvalue weighted by Gasteiger charge is -2.04. The van der Waals surface area contributed by atoms with Crippen LogP contribution in [0.1, 0.15) is 12.5 Å². The zero-order valence-corrected chi connectivity index (χ0v) is 8.57. The first-order valence-electron chi connectivity index (χ1n) is 4.14. The molecule has 0 spiro atoms. The molecule has 0 aliphatic carbocycles. The Morgan fingerprint density at radius 1 is 1.57 bits per heavy atom. The van der Waals surface area contributed by atoms with Crippen molar-refractivity contribution in [3.8, 4) is 0 Å². The Bertz CT molecular complexity index is 365. The summed E-state index contributed by atoms with van der Waals surface area (Å²) in [5.41, 5.74) is 0.645. The highest BCUT2D eigenvalue weighted by Gasteiger charge is 2.11. The van der Waals surface area contributed by atoms with Crippen molar-refractivity contribution in [1.82, 2.24) is 0 Å². The van der Waals surface area contributed by atoms with Gasteiger partial charge >= 0.3 is 0 Å². The Labute approximate surface area is 87.2 Å². The molecule has 0 saturated carbocycles. The number of rotatable bonds is 3. The van der Waals surface area contributed by atoms with Crippen LogP contribution in [-0.2, 0) is 11.2 Å². The zero-order chi connectivity index (χ0) is 10.7. The van der Waals surface area contributed by atoms with Crippen molar-refractivity contribution >= 4 is 17.4 Å². The van der Waals surface area contributed by atoms with E-state index in [0.29, 0.717) is 5.57 Å². The van der Waals surface area contributed by atoms with Gasteiger partial charge in [0.2, 0.25) is 0 Å². The summed E-state index contributed by atoms with van der Waals surface area (Å²) in [6.07, 6.45) is -0.0269. The van der Waals surface area contributed by atoms with Crippen LogP contribution in [0.25, 0.3) is 0 Å². The molecule has 1 aromatic rings. The third kappa shape index (κ3) is 2.42. The quantitative estimate of drug-likeness (QED) is 0.704. The molecule has 1 nitrogen and oxygen atoms in total. The molecule has 0 atom stereocenters. The van der Waals surface area contributed by atoms with Gasteiger partial charge in [-0.3, -0.25) is 4.79 Å². The molecule has 0 N–H and O–H groups in total. The van der Waals surface area contributed by atoms with Crippen LogP contribution in [0.5, 0.6) is 0 Å². The number of ketones is 1. The van der Waals surface area contributed by atoms with E-state index in [4.69, 9.17) is 11.6 Å². The first-order valence-corrected chi connectivity index (χ1v) is 4.51. The SMILES string of the molecule is C=C(C)C(=O)Cc1c(F)cccc1Cl. The van der Waals surface area contributed by atoms with Crippen molar-refractivity contribution < 1.29 is 9.18 Å². The molecule has 0 radical (unpaired) electrons. The summed E-state index contributed by atoms with van der Waals surface area (Å²) in [5, 5.41) is 0.277. The van der Waals surface area contributed by atoms with Gasteiger partial charge in [0.1, 0.15) is 5.82 Å². The molecule has 1 rings (SSSR count). The molecular formula is C11H10ClFO. The highest BCUT2D eigenvalue weighted by atomic mass is 35.5. The Hall–Kier alpha value is -1.15. The van der Waals surface area contributed by atoms with Crippen molar-refractivity contribution in [3.63, 3.8) is 0 Å². The fourth-order valence-electron chi connectivity index (χ4n) is 1.01. The second-order valence-electron chi connectivity index (χ2n) is 3.08. The van der Waals surface area contributed by atoms with E-state index < -0.39 is 5.82 Å². The lowest BCUT2D eigenvalue weighted by atomic mass is 10.0. The predicted molar refractivity (Wildman–Crippen MR) is 54.9 cm³/mol. The molecule has 0 aromatic heterocycles. The van der Waals surface area contributed by atoms with Crippen molar-refractivity contribution in [3.05, 3.63) is 46.8 Å².